The van der Waals surface area contributed by atoms with Crippen LogP contribution >= 0.6 is 0 Å². The zero-order valence-electron chi connectivity index (χ0n) is 20.1. The number of nitrogens with zero attached hydrogens (tertiary/aromatic N) is 3. The first-order valence-electron chi connectivity index (χ1n) is 12.0. The van der Waals surface area contributed by atoms with Crippen molar-refractivity contribution in [3.05, 3.63) is 100 Å². The van der Waals surface area contributed by atoms with Crippen molar-refractivity contribution in [2.24, 2.45) is 4.99 Å². The predicted molar refractivity (Wildman–Crippen MR) is 138 cm³/mol. The summed E-state index contributed by atoms with van der Waals surface area (Å²) in [5.74, 6) is -0.341. The standard InChI is InChI=1S/C28H28FN5O2/c1-33-12-14-34(15-13-33)24-10-6-20(7-11-24)28(36)32-26-25-16-21(4-5-22(25)18-30-26)27(35)31-17-19-2-8-23(29)9-3-19/h2-11,16H,12-15,17-18H2,1H3,(H,31,35)(H,30,32,36). The number of nitrogens with one attached hydrogen (secondary N) is 2. The van der Waals surface area contributed by atoms with Gasteiger partial charge in [-0.3, -0.25) is 14.6 Å². The molecule has 1 saturated heterocycles. The Morgan fingerprint density at radius 3 is 2.31 bits per heavy atom. The third-order valence-corrected chi connectivity index (χ3v) is 6.63. The van der Waals surface area contributed by atoms with E-state index in [9.17, 15) is 14.0 Å². The molecule has 3 aromatic rings. The molecule has 1 fully saturated rings. The lowest BCUT2D eigenvalue weighted by atomic mass is 10.0. The van der Waals surface area contributed by atoms with E-state index >= 15 is 0 Å². The summed E-state index contributed by atoms with van der Waals surface area (Å²) in [6.45, 7) is 4.72. The molecule has 0 aliphatic carbocycles. The molecule has 0 bridgehead atoms. The number of amidine groups is 1. The average molecular weight is 486 g/mol. The van der Waals surface area contributed by atoms with E-state index in [1.54, 1.807) is 24.3 Å². The summed E-state index contributed by atoms with van der Waals surface area (Å²) in [6, 6.07) is 19.0. The van der Waals surface area contributed by atoms with Crippen molar-refractivity contribution in [3.8, 4) is 0 Å². The van der Waals surface area contributed by atoms with E-state index in [1.165, 1.54) is 12.1 Å². The Balaban J connectivity index is 1.22. The number of fused-ring (bicyclic) bond motifs is 1. The number of halogens is 1. The van der Waals surface area contributed by atoms with Gasteiger partial charge in [0.15, 0.2) is 0 Å². The Hall–Kier alpha value is -4.04. The molecular weight excluding hydrogens is 457 g/mol. The Morgan fingerprint density at radius 2 is 1.58 bits per heavy atom. The molecule has 3 aromatic carbocycles. The van der Waals surface area contributed by atoms with Crippen LogP contribution in [0.1, 0.15) is 37.4 Å². The van der Waals surface area contributed by atoms with Crippen LogP contribution in [0.3, 0.4) is 0 Å². The molecule has 0 spiro atoms. The second kappa shape index (κ2) is 10.3. The summed E-state index contributed by atoms with van der Waals surface area (Å²) in [5, 5.41) is 5.76. The SMILES string of the molecule is CN1CCN(c2ccc(C(=O)NC3=NCc4ccc(C(=O)NCc5ccc(F)cc5)cc43)cc2)CC1. The van der Waals surface area contributed by atoms with Crippen molar-refractivity contribution in [1.82, 2.24) is 15.5 Å². The molecule has 2 N–H and O–H groups in total. The lowest BCUT2D eigenvalue weighted by Crippen LogP contribution is -2.44. The molecule has 2 heterocycles. The fourth-order valence-electron chi connectivity index (χ4n) is 4.39. The molecule has 7 nitrogen and oxygen atoms in total. The Morgan fingerprint density at radius 1 is 0.889 bits per heavy atom. The number of rotatable bonds is 5. The van der Waals surface area contributed by atoms with Gasteiger partial charge < -0.3 is 20.4 Å². The highest BCUT2D eigenvalue weighted by Gasteiger charge is 2.21. The number of piperazine rings is 1. The van der Waals surface area contributed by atoms with Gasteiger partial charge in [-0.2, -0.15) is 0 Å². The van der Waals surface area contributed by atoms with Gasteiger partial charge in [0.05, 0.1) is 6.54 Å². The molecule has 2 amide bonds. The molecule has 5 rings (SSSR count). The van der Waals surface area contributed by atoms with Crippen LogP contribution in [0.5, 0.6) is 0 Å². The number of benzene rings is 3. The number of likely N-dealkylation sites (N-methyl/N-ethyl adjacent to an activating group) is 1. The lowest BCUT2D eigenvalue weighted by Gasteiger charge is -2.34. The molecule has 2 aliphatic heterocycles. The number of carbonyl (C=O) groups is 2. The maximum atomic E-state index is 13.1. The Labute approximate surface area is 209 Å². The highest BCUT2D eigenvalue weighted by molar-refractivity contribution is 6.15. The summed E-state index contributed by atoms with van der Waals surface area (Å²) in [7, 11) is 2.12. The molecule has 2 aliphatic rings. The van der Waals surface area contributed by atoms with Crippen LogP contribution in [0.25, 0.3) is 0 Å². The van der Waals surface area contributed by atoms with E-state index in [4.69, 9.17) is 0 Å². The van der Waals surface area contributed by atoms with Gasteiger partial charge in [0.2, 0.25) is 0 Å². The molecule has 0 aromatic heterocycles. The van der Waals surface area contributed by atoms with Gasteiger partial charge in [0.1, 0.15) is 11.7 Å². The average Bonchev–Trinajstić information content (AvgIpc) is 3.30. The van der Waals surface area contributed by atoms with Crippen LogP contribution in [0.4, 0.5) is 10.1 Å². The molecule has 0 radical (unpaired) electrons. The topological polar surface area (TPSA) is 77.0 Å². The van der Waals surface area contributed by atoms with Crippen LogP contribution in [0.2, 0.25) is 0 Å². The maximum Gasteiger partial charge on any atom is 0.256 e. The van der Waals surface area contributed by atoms with Crippen LogP contribution in [0, 0.1) is 5.82 Å². The number of aliphatic imine (C=N–C) groups is 1. The number of carbonyl (C=O) groups excluding carboxylic acids is 2. The van der Waals surface area contributed by atoms with E-state index in [0.717, 1.165) is 48.6 Å². The summed E-state index contributed by atoms with van der Waals surface area (Å²) >= 11 is 0. The summed E-state index contributed by atoms with van der Waals surface area (Å²) in [6.07, 6.45) is 0. The second-order valence-electron chi connectivity index (χ2n) is 9.14. The normalized spacial score (nSPS) is 15.3. The zero-order valence-corrected chi connectivity index (χ0v) is 20.1. The van der Waals surface area contributed by atoms with Crippen LogP contribution in [-0.4, -0.2) is 55.8 Å². The fraction of sp³-hybridized carbons (Fsp3) is 0.250. The first-order valence-corrected chi connectivity index (χ1v) is 12.0. The Bertz CT molecular complexity index is 1300. The van der Waals surface area contributed by atoms with Crippen molar-refractivity contribution in [1.29, 1.82) is 0 Å². The van der Waals surface area contributed by atoms with E-state index in [1.807, 2.05) is 30.3 Å². The van der Waals surface area contributed by atoms with Crippen molar-refractivity contribution in [2.45, 2.75) is 13.1 Å². The van der Waals surface area contributed by atoms with Gasteiger partial charge in [-0.25, -0.2) is 4.39 Å². The van der Waals surface area contributed by atoms with Gasteiger partial charge >= 0.3 is 0 Å². The van der Waals surface area contributed by atoms with Crippen molar-refractivity contribution in [2.75, 3.05) is 38.1 Å². The monoisotopic (exact) mass is 485 g/mol. The maximum absolute atomic E-state index is 13.1. The summed E-state index contributed by atoms with van der Waals surface area (Å²) < 4.78 is 13.1. The first-order chi connectivity index (χ1) is 17.5. The smallest absolute Gasteiger partial charge is 0.256 e. The number of amides is 2. The van der Waals surface area contributed by atoms with E-state index in [2.05, 4.69) is 32.5 Å². The van der Waals surface area contributed by atoms with Gasteiger partial charge in [-0.1, -0.05) is 18.2 Å². The number of anilines is 1. The third kappa shape index (κ3) is 5.28. The fourth-order valence-corrected chi connectivity index (χ4v) is 4.39. The second-order valence-corrected chi connectivity index (χ2v) is 9.14. The van der Waals surface area contributed by atoms with Gasteiger partial charge in [-0.05, 0) is 66.7 Å². The van der Waals surface area contributed by atoms with Crippen molar-refractivity contribution in [3.63, 3.8) is 0 Å². The quantitative estimate of drug-likeness (QED) is 0.582. The molecule has 184 valence electrons. The summed E-state index contributed by atoms with van der Waals surface area (Å²) in [5.41, 5.74) is 4.63. The molecule has 0 atom stereocenters. The minimum Gasteiger partial charge on any atom is -0.369 e. The van der Waals surface area contributed by atoms with Crippen LogP contribution in [0.15, 0.2) is 71.7 Å². The summed E-state index contributed by atoms with van der Waals surface area (Å²) in [4.78, 5) is 34.7. The predicted octanol–water partition coefficient (Wildman–Crippen LogP) is 3.20. The highest BCUT2D eigenvalue weighted by atomic mass is 19.1. The third-order valence-electron chi connectivity index (χ3n) is 6.63. The number of hydrogen-bond donors (Lipinski definition) is 2. The van der Waals surface area contributed by atoms with Gasteiger partial charge in [0.25, 0.3) is 11.8 Å². The van der Waals surface area contributed by atoms with Gasteiger partial charge in [-0.15, -0.1) is 0 Å². The zero-order chi connectivity index (χ0) is 25.1. The molecule has 36 heavy (non-hydrogen) atoms. The molecule has 0 unspecified atom stereocenters. The molecule has 8 heteroatoms. The van der Waals surface area contributed by atoms with Gasteiger partial charge in [0, 0.05) is 55.1 Å². The van der Waals surface area contributed by atoms with Crippen LogP contribution < -0.4 is 15.5 Å². The Kier molecular flexibility index (Phi) is 6.77. The van der Waals surface area contributed by atoms with E-state index in [-0.39, 0.29) is 24.2 Å². The van der Waals surface area contributed by atoms with Crippen molar-refractivity contribution >= 4 is 23.3 Å². The van der Waals surface area contributed by atoms with Crippen LogP contribution in [-0.2, 0) is 13.1 Å². The first kappa shape index (κ1) is 23.7. The van der Waals surface area contributed by atoms with Crippen molar-refractivity contribution < 1.29 is 14.0 Å². The lowest BCUT2D eigenvalue weighted by molar-refractivity contribution is 0.0949. The highest BCUT2D eigenvalue weighted by Crippen LogP contribution is 2.21. The largest absolute Gasteiger partial charge is 0.369 e. The number of hydrogen-bond acceptors (Lipinski definition) is 5. The molecular formula is C28H28FN5O2. The van der Waals surface area contributed by atoms with E-state index in [0.29, 0.717) is 23.5 Å². The molecule has 0 saturated carbocycles. The minimum absolute atomic E-state index is 0.238. The minimum atomic E-state index is -0.316. The van der Waals surface area contributed by atoms with E-state index < -0.39 is 0 Å².